The third-order valence-electron chi connectivity index (χ3n) is 2.90. The molecule has 0 N–H and O–H groups in total. The summed E-state index contributed by atoms with van der Waals surface area (Å²) in [6, 6.07) is 5.68. The van der Waals surface area contributed by atoms with E-state index in [9.17, 15) is 0 Å². The predicted molar refractivity (Wildman–Crippen MR) is 71.7 cm³/mol. The van der Waals surface area contributed by atoms with E-state index in [2.05, 4.69) is 18.7 Å². The molecule has 1 fully saturated rings. The molecule has 1 aromatic carbocycles. The second kappa shape index (κ2) is 5.57. The lowest BCUT2D eigenvalue weighted by Gasteiger charge is -2.35. The molecule has 1 aliphatic rings. The molecule has 0 unspecified atom stereocenters. The van der Waals surface area contributed by atoms with Crippen molar-refractivity contribution in [1.29, 1.82) is 0 Å². The Hall–Kier alpha value is -0.280. The first-order valence-electron chi connectivity index (χ1n) is 5.86. The van der Waals surface area contributed by atoms with E-state index >= 15 is 0 Å². The molecule has 2 atom stereocenters. The van der Waals surface area contributed by atoms with Gasteiger partial charge in [-0.2, -0.15) is 0 Å². The van der Waals surface area contributed by atoms with Crippen LogP contribution in [0.3, 0.4) is 0 Å². The topological polar surface area (TPSA) is 12.5 Å². The van der Waals surface area contributed by atoms with Gasteiger partial charge < -0.3 is 4.74 Å². The number of ether oxygens (including phenoxy) is 1. The lowest BCUT2D eigenvalue weighted by atomic mass is 10.1. The highest BCUT2D eigenvalue weighted by Gasteiger charge is 2.22. The molecule has 0 aromatic heterocycles. The molecule has 94 valence electrons. The zero-order valence-corrected chi connectivity index (χ0v) is 11.6. The number of hydrogen-bond acceptors (Lipinski definition) is 2. The van der Waals surface area contributed by atoms with Gasteiger partial charge in [0.25, 0.3) is 0 Å². The van der Waals surface area contributed by atoms with Crippen LogP contribution in [0, 0.1) is 0 Å². The lowest BCUT2D eigenvalue weighted by Crippen LogP contribution is -2.44. The molecule has 1 heterocycles. The molecule has 0 spiro atoms. The van der Waals surface area contributed by atoms with Gasteiger partial charge in [0, 0.05) is 29.7 Å². The summed E-state index contributed by atoms with van der Waals surface area (Å²) in [5.41, 5.74) is 1.12. The Bertz CT molecular complexity index is 387. The first-order valence-corrected chi connectivity index (χ1v) is 6.62. The quantitative estimate of drug-likeness (QED) is 0.817. The van der Waals surface area contributed by atoms with E-state index in [-0.39, 0.29) is 12.2 Å². The second-order valence-corrected chi connectivity index (χ2v) is 5.53. The number of hydrogen-bond donors (Lipinski definition) is 0. The van der Waals surface area contributed by atoms with Crippen molar-refractivity contribution in [3.63, 3.8) is 0 Å². The van der Waals surface area contributed by atoms with Gasteiger partial charge in [-0.05, 0) is 31.5 Å². The van der Waals surface area contributed by atoms with Crippen LogP contribution in [-0.2, 0) is 11.3 Å². The SMILES string of the molecule is C[C@@H]1CN(Cc2ccc(Cl)cc2Cl)C[C@@H](C)O1. The largest absolute Gasteiger partial charge is 0.373 e. The van der Waals surface area contributed by atoms with Gasteiger partial charge in [0.1, 0.15) is 0 Å². The van der Waals surface area contributed by atoms with Gasteiger partial charge in [-0.1, -0.05) is 29.3 Å². The summed E-state index contributed by atoms with van der Waals surface area (Å²) in [5.74, 6) is 0. The fourth-order valence-electron chi connectivity index (χ4n) is 2.30. The third kappa shape index (κ3) is 3.59. The van der Waals surface area contributed by atoms with Crippen LogP contribution in [0.15, 0.2) is 18.2 Å². The summed E-state index contributed by atoms with van der Waals surface area (Å²) < 4.78 is 5.71. The van der Waals surface area contributed by atoms with Crippen molar-refractivity contribution in [3.05, 3.63) is 33.8 Å². The van der Waals surface area contributed by atoms with Gasteiger partial charge >= 0.3 is 0 Å². The van der Waals surface area contributed by atoms with Crippen molar-refractivity contribution in [2.75, 3.05) is 13.1 Å². The summed E-state index contributed by atoms with van der Waals surface area (Å²) in [6.45, 7) is 6.96. The molecule has 1 aliphatic heterocycles. The second-order valence-electron chi connectivity index (χ2n) is 4.69. The Morgan fingerprint density at radius 2 is 1.88 bits per heavy atom. The maximum absolute atomic E-state index is 6.18. The number of morpholine rings is 1. The Morgan fingerprint density at radius 3 is 2.47 bits per heavy atom. The minimum Gasteiger partial charge on any atom is -0.373 e. The summed E-state index contributed by atoms with van der Waals surface area (Å²) in [7, 11) is 0. The maximum Gasteiger partial charge on any atom is 0.0678 e. The molecule has 0 saturated carbocycles. The molecule has 2 rings (SSSR count). The highest BCUT2D eigenvalue weighted by atomic mass is 35.5. The van der Waals surface area contributed by atoms with Crippen LogP contribution in [-0.4, -0.2) is 30.2 Å². The molecule has 17 heavy (non-hydrogen) atoms. The van der Waals surface area contributed by atoms with Crippen molar-refractivity contribution in [3.8, 4) is 0 Å². The van der Waals surface area contributed by atoms with E-state index in [0.717, 1.165) is 30.2 Å². The maximum atomic E-state index is 6.18. The van der Waals surface area contributed by atoms with E-state index in [1.54, 1.807) is 6.07 Å². The van der Waals surface area contributed by atoms with Crippen LogP contribution in [0.25, 0.3) is 0 Å². The lowest BCUT2D eigenvalue weighted by molar-refractivity contribution is -0.0704. The zero-order valence-electron chi connectivity index (χ0n) is 10.1. The van der Waals surface area contributed by atoms with Crippen LogP contribution in [0.2, 0.25) is 10.0 Å². The highest BCUT2D eigenvalue weighted by molar-refractivity contribution is 6.35. The molecule has 2 nitrogen and oxygen atoms in total. The van der Waals surface area contributed by atoms with E-state index in [4.69, 9.17) is 27.9 Å². The summed E-state index contributed by atoms with van der Waals surface area (Å²) in [6.07, 6.45) is 0.564. The van der Waals surface area contributed by atoms with Crippen LogP contribution in [0.4, 0.5) is 0 Å². The van der Waals surface area contributed by atoms with Crippen LogP contribution < -0.4 is 0 Å². The average molecular weight is 274 g/mol. The number of halogens is 2. The van der Waals surface area contributed by atoms with Crippen LogP contribution >= 0.6 is 23.2 Å². The molecule has 0 radical (unpaired) electrons. The number of rotatable bonds is 2. The molecule has 0 amide bonds. The monoisotopic (exact) mass is 273 g/mol. The predicted octanol–water partition coefficient (Wildman–Crippen LogP) is 3.60. The van der Waals surface area contributed by atoms with Crippen LogP contribution in [0.1, 0.15) is 19.4 Å². The number of benzene rings is 1. The van der Waals surface area contributed by atoms with Crippen molar-refractivity contribution in [1.82, 2.24) is 4.90 Å². The molecule has 1 saturated heterocycles. The van der Waals surface area contributed by atoms with E-state index in [1.165, 1.54) is 0 Å². The van der Waals surface area contributed by atoms with E-state index in [1.807, 2.05) is 12.1 Å². The molecule has 0 aliphatic carbocycles. The van der Waals surface area contributed by atoms with Gasteiger partial charge in [0.2, 0.25) is 0 Å². The van der Waals surface area contributed by atoms with Crippen molar-refractivity contribution < 1.29 is 4.74 Å². The Kier molecular flexibility index (Phi) is 4.31. The first kappa shape index (κ1) is 13.2. The van der Waals surface area contributed by atoms with Gasteiger partial charge in [-0.3, -0.25) is 4.90 Å². The van der Waals surface area contributed by atoms with Gasteiger partial charge in [0.05, 0.1) is 12.2 Å². The van der Waals surface area contributed by atoms with Gasteiger partial charge in [0.15, 0.2) is 0 Å². The summed E-state index contributed by atoms with van der Waals surface area (Å²) in [4.78, 5) is 2.37. The van der Waals surface area contributed by atoms with E-state index in [0.29, 0.717) is 5.02 Å². The van der Waals surface area contributed by atoms with Gasteiger partial charge in [-0.15, -0.1) is 0 Å². The Balaban J connectivity index is 2.04. The standard InChI is InChI=1S/C13H17Cl2NO/c1-9-6-16(7-10(2)17-9)8-11-3-4-12(14)5-13(11)15/h3-5,9-10H,6-8H2,1-2H3/t9-,10-/m1/s1. The fourth-order valence-corrected chi connectivity index (χ4v) is 2.77. The highest BCUT2D eigenvalue weighted by Crippen LogP contribution is 2.23. The first-order chi connectivity index (χ1) is 8.04. The Labute approximate surface area is 112 Å². The van der Waals surface area contributed by atoms with E-state index < -0.39 is 0 Å². The van der Waals surface area contributed by atoms with Crippen molar-refractivity contribution >= 4 is 23.2 Å². The third-order valence-corrected chi connectivity index (χ3v) is 3.49. The minimum atomic E-state index is 0.282. The molecular weight excluding hydrogens is 257 g/mol. The molecule has 1 aromatic rings. The van der Waals surface area contributed by atoms with Crippen LogP contribution in [0.5, 0.6) is 0 Å². The molecule has 4 heteroatoms. The summed E-state index contributed by atoms with van der Waals surface area (Å²) in [5, 5.41) is 1.42. The average Bonchev–Trinajstić information content (AvgIpc) is 2.21. The smallest absolute Gasteiger partial charge is 0.0678 e. The summed E-state index contributed by atoms with van der Waals surface area (Å²) >= 11 is 12.1. The Morgan fingerprint density at radius 1 is 1.24 bits per heavy atom. The van der Waals surface area contributed by atoms with Crippen molar-refractivity contribution in [2.45, 2.75) is 32.6 Å². The molecule has 0 bridgehead atoms. The van der Waals surface area contributed by atoms with Crippen molar-refractivity contribution in [2.24, 2.45) is 0 Å². The zero-order chi connectivity index (χ0) is 12.4. The normalized spacial score (nSPS) is 26.1. The molecular formula is C13H17Cl2NO. The fraction of sp³-hybridized carbons (Fsp3) is 0.538. The number of nitrogens with zero attached hydrogens (tertiary/aromatic N) is 1. The minimum absolute atomic E-state index is 0.282. The van der Waals surface area contributed by atoms with Gasteiger partial charge in [-0.25, -0.2) is 0 Å².